The lowest BCUT2D eigenvalue weighted by atomic mass is 9.71. The summed E-state index contributed by atoms with van der Waals surface area (Å²) in [6.07, 6.45) is 9.46. The van der Waals surface area contributed by atoms with Gasteiger partial charge in [0.25, 0.3) is 0 Å². The molecule has 2 saturated heterocycles. The second kappa shape index (κ2) is 6.69. The van der Waals surface area contributed by atoms with Crippen molar-refractivity contribution in [2.45, 2.75) is 25.4 Å². The SMILES string of the molecule is OC1CN(c2cnccn2)CC2(CCN(c3ncnc4ccsc34)CC2)C1. The quantitative estimate of drug-likeness (QED) is 0.729. The fourth-order valence-electron chi connectivity index (χ4n) is 4.54. The van der Waals surface area contributed by atoms with Crippen molar-refractivity contribution in [1.82, 2.24) is 19.9 Å². The molecule has 8 heteroatoms. The Kier molecular flexibility index (Phi) is 4.17. The number of thiophene rings is 1. The average molecular weight is 382 g/mol. The molecule has 2 aliphatic heterocycles. The van der Waals surface area contributed by atoms with Crippen LogP contribution in [0.5, 0.6) is 0 Å². The minimum atomic E-state index is -0.324. The van der Waals surface area contributed by atoms with Crippen molar-refractivity contribution < 1.29 is 5.11 Å². The molecular weight excluding hydrogens is 360 g/mol. The van der Waals surface area contributed by atoms with Gasteiger partial charge < -0.3 is 14.9 Å². The molecule has 5 heterocycles. The van der Waals surface area contributed by atoms with Crippen molar-refractivity contribution in [1.29, 1.82) is 0 Å². The van der Waals surface area contributed by atoms with Gasteiger partial charge in [-0.15, -0.1) is 11.3 Å². The van der Waals surface area contributed by atoms with Crippen LogP contribution in [-0.4, -0.2) is 57.3 Å². The summed E-state index contributed by atoms with van der Waals surface area (Å²) >= 11 is 1.70. The molecule has 140 valence electrons. The molecule has 0 aliphatic carbocycles. The molecule has 2 fully saturated rings. The molecule has 0 amide bonds. The standard InChI is InChI=1S/C19H22N6OS/c26-14-9-19(12-25(11-14)16-10-20-4-5-21-16)2-6-24(7-3-19)18-17-15(1-8-27-17)22-13-23-18/h1,4-5,8,10,13-14,26H,2-3,6-7,9,11-12H2. The van der Waals surface area contributed by atoms with Crippen LogP contribution in [-0.2, 0) is 0 Å². The van der Waals surface area contributed by atoms with Crippen LogP contribution in [0.15, 0.2) is 36.4 Å². The van der Waals surface area contributed by atoms with Gasteiger partial charge in [-0.3, -0.25) is 4.98 Å². The van der Waals surface area contributed by atoms with Crippen LogP contribution in [0, 0.1) is 5.41 Å². The van der Waals surface area contributed by atoms with E-state index in [0.717, 1.165) is 56.0 Å². The summed E-state index contributed by atoms with van der Waals surface area (Å²) in [5.41, 5.74) is 1.14. The third-order valence-electron chi connectivity index (χ3n) is 5.85. The fourth-order valence-corrected chi connectivity index (χ4v) is 5.40. The van der Waals surface area contributed by atoms with Gasteiger partial charge in [0.15, 0.2) is 0 Å². The number of hydrogen-bond acceptors (Lipinski definition) is 8. The number of rotatable bonds is 2. The molecule has 1 spiro atoms. The lowest BCUT2D eigenvalue weighted by molar-refractivity contribution is 0.0595. The first-order valence-corrected chi connectivity index (χ1v) is 10.2. The summed E-state index contributed by atoms with van der Waals surface area (Å²) in [6, 6.07) is 2.05. The number of aliphatic hydroxyl groups is 1. The van der Waals surface area contributed by atoms with Gasteiger partial charge in [0.05, 0.1) is 22.5 Å². The van der Waals surface area contributed by atoms with Gasteiger partial charge in [0.2, 0.25) is 0 Å². The maximum absolute atomic E-state index is 10.5. The normalized spacial score (nSPS) is 22.5. The first-order valence-electron chi connectivity index (χ1n) is 9.35. The predicted molar refractivity (Wildman–Crippen MR) is 106 cm³/mol. The van der Waals surface area contributed by atoms with E-state index in [1.807, 2.05) is 6.07 Å². The van der Waals surface area contributed by atoms with E-state index in [1.54, 1.807) is 36.3 Å². The molecule has 3 aromatic rings. The van der Waals surface area contributed by atoms with Crippen LogP contribution in [0.1, 0.15) is 19.3 Å². The Morgan fingerprint density at radius 1 is 1.11 bits per heavy atom. The molecular formula is C19H22N6OS. The first-order chi connectivity index (χ1) is 13.2. The van der Waals surface area contributed by atoms with Crippen LogP contribution in [0.2, 0.25) is 0 Å². The lowest BCUT2D eigenvalue weighted by Gasteiger charge is -2.49. The van der Waals surface area contributed by atoms with E-state index in [9.17, 15) is 5.11 Å². The van der Waals surface area contributed by atoms with E-state index in [1.165, 1.54) is 4.70 Å². The molecule has 0 radical (unpaired) electrons. The van der Waals surface area contributed by atoms with Crippen molar-refractivity contribution in [2.24, 2.45) is 5.41 Å². The summed E-state index contributed by atoms with van der Waals surface area (Å²) in [4.78, 5) is 22.1. The molecule has 1 atom stereocenters. The highest BCUT2D eigenvalue weighted by molar-refractivity contribution is 7.17. The Morgan fingerprint density at radius 3 is 2.81 bits per heavy atom. The zero-order chi connectivity index (χ0) is 18.3. The lowest BCUT2D eigenvalue weighted by Crippen LogP contribution is -2.54. The van der Waals surface area contributed by atoms with Crippen LogP contribution >= 0.6 is 11.3 Å². The molecule has 0 bridgehead atoms. The van der Waals surface area contributed by atoms with Crippen LogP contribution < -0.4 is 9.80 Å². The average Bonchev–Trinajstić information content (AvgIpc) is 3.18. The molecule has 27 heavy (non-hydrogen) atoms. The third kappa shape index (κ3) is 3.12. The Balaban J connectivity index is 1.35. The van der Waals surface area contributed by atoms with E-state index >= 15 is 0 Å². The monoisotopic (exact) mass is 382 g/mol. The molecule has 2 aliphatic rings. The van der Waals surface area contributed by atoms with Gasteiger partial charge in [-0.05, 0) is 36.1 Å². The Labute approximate surface area is 161 Å². The summed E-state index contributed by atoms with van der Waals surface area (Å²) in [7, 11) is 0. The van der Waals surface area contributed by atoms with Crippen LogP contribution in [0.3, 0.4) is 0 Å². The Hall–Kier alpha value is -2.32. The fraction of sp³-hybridized carbons (Fsp3) is 0.474. The van der Waals surface area contributed by atoms with Crippen molar-refractivity contribution in [2.75, 3.05) is 36.0 Å². The Morgan fingerprint density at radius 2 is 2.00 bits per heavy atom. The van der Waals surface area contributed by atoms with Crippen molar-refractivity contribution in [3.05, 3.63) is 36.4 Å². The number of β-amino-alcohol motifs (C(OH)–C–C–N with tert-alkyl or cyclic N) is 1. The molecule has 0 aromatic carbocycles. The summed E-state index contributed by atoms with van der Waals surface area (Å²) in [6.45, 7) is 3.46. The molecule has 3 aromatic heterocycles. The minimum Gasteiger partial charge on any atom is -0.391 e. The summed E-state index contributed by atoms with van der Waals surface area (Å²) < 4.78 is 1.17. The second-order valence-electron chi connectivity index (χ2n) is 7.62. The number of nitrogens with zero attached hydrogens (tertiary/aromatic N) is 6. The van der Waals surface area contributed by atoms with Crippen molar-refractivity contribution >= 4 is 33.2 Å². The Bertz CT molecular complexity index is 924. The second-order valence-corrected chi connectivity index (χ2v) is 8.54. The summed E-state index contributed by atoms with van der Waals surface area (Å²) in [5.74, 6) is 1.90. The highest BCUT2D eigenvalue weighted by Gasteiger charge is 2.42. The van der Waals surface area contributed by atoms with E-state index in [2.05, 4.69) is 35.1 Å². The number of hydrogen-bond donors (Lipinski definition) is 1. The smallest absolute Gasteiger partial charge is 0.150 e. The van der Waals surface area contributed by atoms with Gasteiger partial charge in [-0.1, -0.05) is 0 Å². The van der Waals surface area contributed by atoms with Crippen molar-refractivity contribution in [3.63, 3.8) is 0 Å². The minimum absolute atomic E-state index is 0.118. The highest BCUT2D eigenvalue weighted by Crippen LogP contribution is 2.42. The maximum atomic E-state index is 10.5. The molecule has 1 unspecified atom stereocenters. The van der Waals surface area contributed by atoms with E-state index in [0.29, 0.717) is 6.54 Å². The highest BCUT2D eigenvalue weighted by atomic mass is 32.1. The van der Waals surface area contributed by atoms with E-state index in [4.69, 9.17) is 0 Å². The molecule has 5 rings (SSSR count). The number of aliphatic hydroxyl groups excluding tert-OH is 1. The number of piperidine rings is 2. The zero-order valence-corrected chi connectivity index (χ0v) is 15.8. The maximum Gasteiger partial charge on any atom is 0.150 e. The molecule has 0 saturated carbocycles. The number of fused-ring (bicyclic) bond motifs is 1. The van der Waals surface area contributed by atoms with E-state index in [-0.39, 0.29) is 11.5 Å². The predicted octanol–water partition coefficient (Wildman–Crippen LogP) is 2.34. The zero-order valence-electron chi connectivity index (χ0n) is 15.0. The molecule has 7 nitrogen and oxygen atoms in total. The number of aromatic nitrogens is 4. The van der Waals surface area contributed by atoms with Gasteiger partial charge >= 0.3 is 0 Å². The topological polar surface area (TPSA) is 78.3 Å². The van der Waals surface area contributed by atoms with Crippen molar-refractivity contribution in [3.8, 4) is 0 Å². The van der Waals surface area contributed by atoms with Gasteiger partial charge in [0, 0.05) is 38.6 Å². The van der Waals surface area contributed by atoms with Gasteiger partial charge in [0.1, 0.15) is 18.0 Å². The molecule has 1 N–H and O–H groups in total. The first kappa shape index (κ1) is 16.8. The van der Waals surface area contributed by atoms with E-state index < -0.39 is 0 Å². The summed E-state index contributed by atoms with van der Waals surface area (Å²) in [5, 5.41) is 12.6. The van der Waals surface area contributed by atoms with Gasteiger partial charge in [-0.25, -0.2) is 15.0 Å². The van der Waals surface area contributed by atoms with Gasteiger partial charge in [-0.2, -0.15) is 0 Å². The third-order valence-corrected chi connectivity index (χ3v) is 6.75. The van der Waals surface area contributed by atoms with Crippen LogP contribution in [0.4, 0.5) is 11.6 Å². The van der Waals surface area contributed by atoms with Crippen LogP contribution in [0.25, 0.3) is 10.2 Å². The number of anilines is 2. The largest absolute Gasteiger partial charge is 0.391 e.